The van der Waals surface area contributed by atoms with Crippen molar-refractivity contribution >= 4 is 0 Å². The lowest BCUT2D eigenvalue weighted by Crippen LogP contribution is -2.19. The number of hydrogen-bond acceptors (Lipinski definition) is 1. The van der Waals surface area contributed by atoms with Crippen molar-refractivity contribution in [2.45, 2.75) is 6.18 Å². The zero-order valence-corrected chi connectivity index (χ0v) is 6.64. The van der Waals surface area contributed by atoms with Crippen molar-refractivity contribution in [2.75, 3.05) is 6.61 Å². The third-order valence-corrected chi connectivity index (χ3v) is 1.95. The molecule has 0 aromatic rings. The second-order valence-electron chi connectivity index (χ2n) is 2.95. The van der Waals surface area contributed by atoms with Gasteiger partial charge in [-0.05, 0) is 0 Å². The van der Waals surface area contributed by atoms with Crippen LogP contribution in [-0.2, 0) is 4.74 Å². The highest BCUT2D eigenvalue weighted by molar-refractivity contribution is 5.41. The summed E-state index contributed by atoms with van der Waals surface area (Å²) in [4.78, 5) is 0. The van der Waals surface area contributed by atoms with Crippen LogP contribution in [0.5, 0.6) is 0 Å². The van der Waals surface area contributed by atoms with Crippen LogP contribution < -0.4 is 0 Å². The molecule has 0 bridgehead atoms. The van der Waals surface area contributed by atoms with Crippen LogP contribution in [-0.4, -0.2) is 12.8 Å². The third kappa shape index (κ3) is 1.76. The summed E-state index contributed by atoms with van der Waals surface area (Å²) >= 11 is 0. The van der Waals surface area contributed by atoms with Crippen LogP contribution in [0.3, 0.4) is 0 Å². The second-order valence-corrected chi connectivity index (χ2v) is 2.95. The van der Waals surface area contributed by atoms with Crippen LogP contribution in [0.25, 0.3) is 0 Å². The molecule has 70 valence electrons. The quantitative estimate of drug-likeness (QED) is 0.532. The summed E-state index contributed by atoms with van der Waals surface area (Å²) in [5.74, 6) is -0.677. The molecule has 0 saturated carbocycles. The fourth-order valence-electron chi connectivity index (χ4n) is 1.14. The molecule has 1 saturated heterocycles. The van der Waals surface area contributed by atoms with E-state index < -0.39 is 12.1 Å². The van der Waals surface area contributed by atoms with Gasteiger partial charge in [0.05, 0.1) is 5.92 Å². The number of alkyl halides is 3. The minimum Gasteiger partial charge on any atom is -0.486 e. The molecule has 1 nitrogen and oxygen atoms in total. The van der Waals surface area contributed by atoms with Crippen molar-refractivity contribution in [3.63, 3.8) is 0 Å². The first-order valence-corrected chi connectivity index (χ1v) is 3.86. The van der Waals surface area contributed by atoms with Gasteiger partial charge < -0.3 is 4.74 Å². The molecule has 0 spiro atoms. The molecule has 0 amide bonds. The fraction of sp³-hybridized carbons (Fsp3) is 0.333. The van der Waals surface area contributed by atoms with Gasteiger partial charge in [-0.25, -0.2) is 0 Å². The van der Waals surface area contributed by atoms with E-state index in [1.165, 1.54) is 12.2 Å². The maximum absolute atomic E-state index is 12.1. The average molecular weight is 188 g/mol. The third-order valence-electron chi connectivity index (χ3n) is 1.95. The summed E-state index contributed by atoms with van der Waals surface area (Å²) in [6, 6.07) is 0. The molecule has 0 aromatic heterocycles. The Morgan fingerprint density at radius 3 is 2.15 bits per heavy atom. The molecule has 2 rings (SSSR count). The lowest BCUT2D eigenvalue weighted by atomic mass is 10.00. The lowest BCUT2D eigenvalue weighted by molar-refractivity contribution is -0.149. The SMILES string of the molecule is FC(F)(F)C1C=CC(=C2CO2)C=C1. The van der Waals surface area contributed by atoms with Gasteiger partial charge in [-0.1, -0.05) is 24.3 Å². The van der Waals surface area contributed by atoms with Crippen LogP contribution in [0.4, 0.5) is 13.2 Å². The highest BCUT2D eigenvalue weighted by Crippen LogP contribution is 2.33. The Bertz CT molecular complexity index is 287. The van der Waals surface area contributed by atoms with Gasteiger partial charge in [0, 0.05) is 5.57 Å². The molecule has 1 fully saturated rings. The molecule has 0 radical (unpaired) electrons. The Morgan fingerprint density at radius 2 is 1.77 bits per heavy atom. The number of rotatable bonds is 0. The van der Waals surface area contributed by atoms with Gasteiger partial charge in [0.2, 0.25) is 0 Å². The Balaban J connectivity index is 2.14. The lowest BCUT2D eigenvalue weighted by Gasteiger charge is -2.14. The van der Waals surface area contributed by atoms with Crippen molar-refractivity contribution < 1.29 is 17.9 Å². The second kappa shape index (κ2) is 2.65. The standard InChI is InChI=1S/C9H7F3O/c10-9(11,12)7-3-1-6(2-4-7)8-5-13-8/h1-4,7H,5H2. The molecular formula is C9H7F3O. The van der Waals surface area contributed by atoms with Crippen molar-refractivity contribution in [3.05, 3.63) is 35.6 Å². The Kier molecular flexibility index (Phi) is 1.71. The van der Waals surface area contributed by atoms with Crippen LogP contribution in [0, 0.1) is 5.92 Å². The maximum atomic E-state index is 12.1. The van der Waals surface area contributed by atoms with E-state index in [1.807, 2.05) is 0 Å². The molecule has 0 N–H and O–H groups in total. The molecule has 2 aliphatic rings. The number of hydrogen-bond donors (Lipinski definition) is 0. The molecule has 0 aromatic carbocycles. The van der Waals surface area contributed by atoms with E-state index in [0.717, 1.165) is 23.5 Å². The number of ether oxygens (including phenoxy) is 1. The minimum absolute atomic E-state index is 0.542. The van der Waals surface area contributed by atoms with E-state index in [1.54, 1.807) is 0 Å². The molecule has 1 aliphatic carbocycles. The summed E-state index contributed by atoms with van der Waals surface area (Å²) in [6.07, 6.45) is 1.03. The summed E-state index contributed by atoms with van der Waals surface area (Å²) in [5.41, 5.74) is 0.750. The Morgan fingerprint density at radius 1 is 1.23 bits per heavy atom. The average Bonchev–Trinajstić information content (AvgIpc) is 2.85. The fourth-order valence-corrected chi connectivity index (χ4v) is 1.14. The van der Waals surface area contributed by atoms with Crippen molar-refractivity contribution in [2.24, 2.45) is 5.92 Å². The first-order chi connectivity index (χ1) is 6.07. The highest BCUT2D eigenvalue weighted by Gasteiger charge is 2.37. The van der Waals surface area contributed by atoms with E-state index in [4.69, 9.17) is 4.74 Å². The van der Waals surface area contributed by atoms with E-state index in [0.29, 0.717) is 6.61 Å². The largest absolute Gasteiger partial charge is 0.486 e. The van der Waals surface area contributed by atoms with Crippen LogP contribution >= 0.6 is 0 Å². The van der Waals surface area contributed by atoms with Gasteiger partial charge in [-0.2, -0.15) is 13.2 Å². The minimum atomic E-state index is -4.17. The zero-order valence-electron chi connectivity index (χ0n) is 6.64. The summed E-state index contributed by atoms with van der Waals surface area (Å²) in [7, 11) is 0. The summed E-state index contributed by atoms with van der Waals surface area (Å²) in [5, 5.41) is 0. The molecule has 4 heteroatoms. The predicted molar refractivity (Wildman–Crippen MR) is 40.8 cm³/mol. The molecule has 13 heavy (non-hydrogen) atoms. The normalized spacial score (nSPS) is 26.2. The molecule has 0 atom stereocenters. The predicted octanol–water partition coefficient (Wildman–Crippen LogP) is 2.58. The topological polar surface area (TPSA) is 12.5 Å². The van der Waals surface area contributed by atoms with Crippen LogP contribution in [0.15, 0.2) is 35.6 Å². The molecular weight excluding hydrogens is 181 g/mol. The highest BCUT2D eigenvalue weighted by atomic mass is 19.4. The molecule has 1 aliphatic heterocycles. The van der Waals surface area contributed by atoms with Crippen LogP contribution in [0.1, 0.15) is 0 Å². The van der Waals surface area contributed by atoms with E-state index >= 15 is 0 Å². The zero-order chi connectivity index (χ0) is 9.47. The Hall–Kier alpha value is -1.19. The van der Waals surface area contributed by atoms with Crippen molar-refractivity contribution in [3.8, 4) is 0 Å². The number of halogens is 3. The monoisotopic (exact) mass is 188 g/mol. The first-order valence-electron chi connectivity index (χ1n) is 3.86. The number of epoxide rings is 1. The number of allylic oxidation sites excluding steroid dienone is 5. The van der Waals surface area contributed by atoms with Gasteiger partial charge in [-0.3, -0.25) is 0 Å². The maximum Gasteiger partial charge on any atom is 0.398 e. The first kappa shape index (κ1) is 8.41. The van der Waals surface area contributed by atoms with Gasteiger partial charge in [0.1, 0.15) is 12.4 Å². The van der Waals surface area contributed by atoms with Crippen molar-refractivity contribution in [1.82, 2.24) is 0 Å². The summed E-state index contributed by atoms with van der Waals surface area (Å²) in [6.45, 7) is 0.542. The van der Waals surface area contributed by atoms with Gasteiger partial charge in [0.15, 0.2) is 0 Å². The van der Waals surface area contributed by atoms with E-state index in [-0.39, 0.29) is 0 Å². The van der Waals surface area contributed by atoms with E-state index in [9.17, 15) is 13.2 Å². The smallest absolute Gasteiger partial charge is 0.398 e. The molecule has 0 unspecified atom stereocenters. The van der Waals surface area contributed by atoms with Gasteiger partial charge in [0.25, 0.3) is 0 Å². The van der Waals surface area contributed by atoms with Crippen LogP contribution in [0.2, 0.25) is 0 Å². The van der Waals surface area contributed by atoms with Crippen molar-refractivity contribution in [1.29, 1.82) is 0 Å². The van der Waals surface area contributed by atoms with Gasteiger partial charge in [-0.15, -0.1) is 0 Å². The summed E-state index contributed by atoms with van der Waals surface area (Å²) < 4.78 is 41.3. The van der Waals surface area contributed by atoms with Gasteiger partial charge >= 0.3 is 6.18 Å². The molecule has 1 heterocycles. The van der Waals surface area contributed by atoms with E-state index in [2.05, 4.69) is 0 Å². The Labute approximate surface area is 73.2 Å².